The minimum atomic E-state index is 0.785. The molecule has 4 rings (SSSR count). The summed E-state index contributed by atoms with van der Waals surface area (Å²) < 4.78 is 0. The maximum absolute atomic E-state index is 3.53. The molecule has 0 amide bonds. The molecule has 1 aliphatic heterocycles. The Morgan fingerprint density at radius 1 is 0.833 bits per heavy atom. The topological polar surface area (TPSA) is 12.0 Å². The van der Waals surface area contributed by atoms with Gasteiger partial charge in [0.1, 0.15) is 0 Å². The number of nitrogens with one attached hydrogen (secondary N) is 1. The van der Waals surface area contributed by atoms with Crippen molar-refractivity contribution >= 4 is 10.8 Å². The van der Waals surface area contributed by atoms with E-state index in [4.69, 9.17) is 0 Å². The maximum atomic E-state index is 3.53. The van der Waals surface area contributed by atoms with Crippen molar-refractivity contribution in [2.45, 2.75) is 18.8 Å². The normalized spacial score (nSPS) is 30.8. The van der Waals surface area contributed by atoms with Crippen molar-refractivity contribution in [3.63, 3.8) is 0 Å². The summed E-state index contributed by atoms with van der Waals surface area (Å²) in [6.07, 6.45) is 2.76. The molecule has 2 fully saturated rings. The highest BCUT2D eigenvalue weighted by molar-refractivity contribution is 5.86. The van der Waals surface area contributed by atoms with Crippen molar-refractivity contribution in [3.8, 4) is 0 Å². The van der Waals surface area contributed by atoms with Gasteiger partial charge < -0.3 is 5.32 Å². The fourth-order valence-electron chi connectivity index (χ4n) is 4.03. The van der Waals surface area contributed by atoms with Gasteiger partial charge in [0, 0.05) is 0 Å². The van der Waals surface area contributed by atoms with E-state index in [1.165, 1.54) is 36.7 Å². The highest BCUT2D eigenvalue weighted by Gasteiger charge is 2.38. The van der Waals surface area contributed by atoms with Crippen molar-refractivity contribution in [1.82, 2.24) is 5.32 Å². The van der Waals surface area contributed by atoms with Crippen LogP contribution in [0.3, 0.4) is 0 Å². The lowest BCUT2D eigenvalue weighted by Gasteiger charge is -2.14. The van der Waals surface area contributed by atoms with Crippen LogP contribution in [0.15, 0.2) is 42.5 Å². The van der Waals surface area contributed by atoms with Crippen molar-refractivity contribution in [2.24, 2.45) is 11.8 Å². The van der Waals surface area contributed by atoms with Crippen LogP contribution in [-0.2, 0) is 0 Å². The number of rotatable bonds is 1. The SMILES string of the molecule is c1ccc2c(C3CC4CNCC4C3)cccc2c1. The van der Waals surface area contributed by atoms with Crippen LogP contribution in [0.5, 0.6) is 0 Å². The van der Waals surface area contributed by atoms with Crippen LogP contribution in [0.2, 0.25) is 0 Å². The Kier molecular flexibility index (Phi) is 2.41. The highest BCUT2D eigenvalue weighted by atomic mass is 14.9. The summed E-state index contributed by atoms with van der Waals surface area (Å²) in [4.78, 5) is 0. The fourth-order valence-corrected chi connectivity index (χ4v) is 4.03. The van der Waals surface area contributed by atoms with Crippen LogP contribution < -0.4 is 5.32 Å². The molecule has 1 heteroatoms. The van der Waals surface area contributed by atoms with Crippen molar-refractivity contribution in [2.75, 3.05) is 13.1 Å². The lowest BCUT2D eigenvalue weighted by atomic mass is 9.91. The molecule has 0 radical (unpaired) electrons. The third-order valence-electron chi connectivity index (χ3n) is 4.92. The number of benzene rings is 2. The molecule has 2 unspecified atom stereocenters. The lowest BCUT2D eigenvalue weighted by molar-refractivity contribution is 0.494. The number of hydrogen-bond acceptors (Lipinski definition) is 1. The Hall–Kier alpha value is -1.34. The minimum absolute atomic E-state index is 0.785. The molecular weight excluding hydrogens is 218 g/mol. The average molecular weight is 237 g/mol. The maximum Gasteiger partial charge on any atom is -0.00171 e. The van der Waals surface area contributed by atoms with Crippen LogP contribution in [0.25, 0.3) is 10.8 Å². The van der Waals surface area contributed by atoms with Gasteiger partial charge in [-0.3, -0.25) is 0 Å². The first-order valence-corrected chi connectivity index (χ1v) is 7.10. The van der Waals surface area contributed by atoms with Crippen LogP contribution >= 0.6 is 0 Å². The minimum Gasteiger partial charge on any atom is -0.316 e. The summed E-state index contributed by atoms with van der Waals surface area (Å²) >= 11 is 0. The lowest BCUT2D eigenvalue weighted by Crippen LogP contribution is -2.11. The molecule has 2 atom stereocenters. The molecule has 0 spiro atoms. The van der Waals surface area contributed by atoms with E-state index in [-0.39, 0.29) is 0 Å². The zero-order chi connectivity index (χ0) is 11.9. The van der Waals surface area contributed by atoms with E-state index in [9.17, 15) is 0 Å². The molecule has 1 aliphatic carbocycles. The Bertz CT molecular complexity index is 557. The third kappa shape index (κ3) is 1.58. The third-order valence-corrected chi connectivity index (χ3v) is 4.92. The zero-order valence-corrected chi connectivity index (χ0v) is 10.6. The Morgan fingerprint density at radius 2 is 1.56 bits per heavy atom. The van der Waals surface area contributed by atoms with Crippen molar-refractivity contribution < 1.29 is 0 Å². The highest BCUT2D eigenvalue weighted by Crippen LogP contribution is 2.45. The Balaban J connectivity index is 1.75. The van der Waals surface area contributed by atoms with Crippen molar-refractivity contribution in [3.05, 3.63) is 48.0 Å². The summed E-state index contributed by atoms with van der Waals surface area (Å²) in [5.74, 6) is 2.64. The van der Waals surface area contributed by atoms with Gasteiger partial charge in [0.25, 0.3) is 0 Å². The zero-order valence-electron chi connectivity index (χ0n) is 10.6. The second-order valence-electron chi connectivity index (χ2n) is 5.92. The van der Waals surface area contributed by atoms with E-state index in [1.54, 1.807) is 5.56 Å². The van der Waals surface area contributed by atoms with E-state index in [1.807, 2.05) is 0 Å². The predicted octanol–water partition coefficient (Wildman–Crippen LogP) is 3.55. The van der Waals surface area contributed by atoms with E-state index in [2.05, 4.69) is 47.8 Å². The molecule has 2 aromatic carbocycles. The quantitative estimate of drug-likeness (QED) is 0.799. The molecule has 2 aliphatic rings. The number of hydrogen-bond donors (Lipinski definition) is 1. The first-order chi connectivity index (χ1) is 8.92. The molecular formula is C17H19N. The van der Waals surface area contributed by atoms with E-state index in [0.29, 0.717) is 0 Å². The molecule has 1 saturated carbocycles. The van der Waals surface area contributed by atoms with Crippen LogP contribution in [0, 0.1) is 11.8 Å². The van der Waals surface area contributed by atoms with Gasteiger partial charge in [0.05, 0.1) is 0 Å². The van der Waals surface area contributed by atoms with E-state index < -0.39 is 0 Å². The first-order valence-electron chi connectivity index (χ1n) is 7.10. The van der Waals surface area contributed by atoms with Gasteiger partial charge in [0.15, 0.2) is 0 Å². The fraction of sp³-hybridized carbons (Fsp3) is 0.412. The average Bonchev–Trinajstić information content (AvgIpc) is 2.99. The second kappa shape index (κ2) is 4.10. The summed E-state index contributed by atoms with van der Waals surface area (Å²) in [5.41, 5.74) is 1.59. The first kappa shape index (κ1) is 10.6. The summed E-state index contributed by atoms with van der Waals surface area (Å²) in [6.45, 7) is 2.48. The molecule has 0 aromatic heterocycles. The molecule has 0 bridgehead atoms. The molecule has 1 nitrogen and oxygen atoms in total. The van der Waals surface area contributed by atoms with Crippen LogP contribution in [0.4, 0.5) is 0 Å². The van der Waals surface area contributed by atoms with E-state index in [0.717, 1.165) is 17.8 Å². The molecule has 18 heavy (non-hydrogen) atoms. The van der Waals surface area contributed by atoms with Crippen molar-refractivity contribution in [1.29, 1.82) is 0 Å². The van der Waals surface area contributed by atoms with Crippen LogP contribution in [-0.4, -0.2) is 13.1 Å². The standard InChI is InChI=1S/C17H19N/c1-2-6-16-12(4-1)5-3-7-17(16)13-8-14-10-18-11-15(14)9-13/h1-7,13-15,18H,8-11H2. The summed E-state index contributed by atoms with van der Waals surface area (Å²) in [7, 11) is 0. The summed E-state index contributed by atoms with van der Waals surface area (Å²) in [5, 5.41) is 6.40. The summed E-state index contributed by atoms with van der Waals surface area (Å²) in [6, 6.07) is 15.6. The van der Waals surface area contributed by atoms with Gasteiger partial charge in [-0.1, -0.05) is 42.5 Å². The van der Waals surface area contributed by atoms with Gasteiger partial charge >= 0.3 is 0 Å². The molecule has 2 aromatic rings. The Labute approximate surface area is 108 Å². The second-order valence-corrected chi connectivity index (χ2v) is 5.92. The van der Waals surface area contributed by atoms with Gasteiger partial charge in [-0.05, 0) is 60.0 Å². The predicted molar refractivity (Wildman–Crippen MR) is 75.8 cm³/mol. The smallest absolute Gasteiger partial charge is 0.00171 e. The monoisotopic (exact) mass is 237 g/mol. The van der Waals surface area contributed by atoms with Gasteiger partial charge in [-0.15, -0.1) is 0 Å². The molecule has 92 valence electrons. The van der Waals surface area contributed by atoms with Gasteiger partial charge in [-0.25, -0.2) is 0 Å². The van der Waals surface area contributed by atoms with Gasteiger partial charge in [0.2, 0.25) is 0 Å². The molecule has 1 saturated heterocycles. The molecule has 1 N–H and O–H groups in total. The van der Waals surface area contributed by atoms with Gasteiger partial charge in [-0.2, -0.15) is 0 Å². The largest absolute Gasteiger partial charge is 0.316 e. The number of fused-ring (bicyclic) bond motifs is 2. The van der Waals surface area contributed by atoms with Crippen LogP contribution in [0.1, 0.15) is 24.3 Å². The Morgan fingerprint density at radius 3 is 2.39 bits per heavy atom. The van der Waals surface area contributed by atoms with E-state index >= 15 is 0 Å². The molecule has 1 heterocycles.